The highest BCUT2D eigenvalue weighted by atomic mass is 16.3. The van der Waals surface area contributed by atoms with Crippen molar-refractivity contribution in [3.63, 3.8) is 0 Å². The fourth-order valence-corrected chi connectivity index (χ4v) is 8.86. The maximum Gasteiger partial charge on any atom is 0.167 e. The average Bonchev–Trinajstić information content (AvgIpc) is 3.69. The van der Waals surface area contributed by atoms with Crippen LogP contribution in [0.1, 0.15) is 0 Å². The Morgan fingerprint density at radius 2 is 0.729 bits per heavy atom. The molecule has 0 spiro atoms. The van der Waals surface area contributed by atoms with Crippen LogP contribution in [0.3, 0.4) is 0 Å². The van der Waals surface area contributed by atoms with Crippen molar-refractivity contribution >= 4 is 65.0 Å². The van der Waals surface area contributed by atoms with Crippen LogP contribution in [0.5, 0.6) is 0 Å². The largest absolute Gasteiger partial charge is 0.455 e. The van der Waals surface area contributed by atoms with Crippen LogP contribution in [0, 0.1) is 0 Å². The molecule has 12 aromatic rings. The lowest BCUT2D eigenvalue weighted by Gasteiger charge is -2.17. The lowest BCUT2D eigenvalue weighted by atomic mass is 9.91. The van der Waals surface area contributed by atoms with Gasteiger partial charge in [0.25, 0.3) is 0 Å². The van der Waals surface area contributed by atoms with Crippen LogP contribution in [-0.4, -0.2) is 15.0 Å². The molecule has 2 aromatic heterocycles. The van der Waals surface area contributed by atoms with Crippen molar-refractivity contribution in [1.82, 2.24) is 15.0 Å². The second kappa shape index (κ2) is 13.3. The molecule has 0 N–H and O–H groups in total. The van der Waals surface area contributed by atoms with Crippen molar-refractivity contribution in [2.45, 2.75) is 0 Å². The number of nitrogens with zero attached hydrogens (tertiary/aromatic N) is 3. The van der Waals surface area contributed by atoms with Crippen molar-refractivity contribution in [3.05, 3.63) is 200 Å². The molecule has 0 fully saturated rings. The van der Waals surface area contributed by atoms with Crippen LogP contribution >= 0.6 is 0 Å². The van der Waals surface area contributed by atoms with Gasteiger partial charge in [0.15, 0.2) is 17.5 Å². The Morgan fingerprint density at radius 1 is 0.288 bits per heavy atom. The average molecular weight is 752 g/mol. The molecule has 274 valence electrons. The van der Waals surface area contributed by atoms with E-state index in [1.54, 1.807) is 0 Å². The maximum absolute atomic E-state index is 6.64. The number of hydrogen-bond acceptors (Lipinski definition) is 4. The number of aromatic nitrogens is 3. The summed E-state index contributed by atoms with van der Waals surface area (Å²) in [5.74, 6) is 1.73. The molecule has 59 heavy (non-hydrogen) atoms. The molecule has 0 aliphatic heterocycles. The van der Waals surface area contributed by atoms with Gasteiger partial charge in [-0.2, -0.15) is 0 Å². The van der Waals surface area contributed by atoms with Gasteiger partial charge in [-0.3, -0.25) is 0 Å². The fraction of sp³-hybridized carbons (Fsp3) is 0. The number of benzene rings is 10. The van der Waals surface area contributed by atoms with Crippen molar-refractivity contribution in [2.75, 3.05) is 0 Å². The van der Waals surface area contributed by atoms with E-state index in [1.165, 1.54) is 21.5 Å². The standard InChI is InChI=1S/C55H33N3O/c1-3-16-38-32-40(26-24-34(38)12-1)44-30-28-36-14-5-7-18-42(36)50(44)54-56-53(48-22-11-21-47-46-20-9-10-23-49(46)59-52(47)48)57-55(58-54)51-43-19-8-6-15-37(43)29-31-45(51)41-27-25-35-13-2-4-17-39(35)33-41/h1-33H. The Kier molecular flexibility index (Phi) is 7.50. The highest BCUT2D eigenvalue weighted by molar-refractivity contribution is 6.10. The third-order valence-corrected chi connectivity index (χ3v) is 11.7. The van der Waals surface area contributed by atoms with Crippen molar-refractivity contribution < 1.29 is 4.42 Å². The highest BCUT2D eigenvalue weighted by Gasteiger charge is 2.23. The van der Waals surface area contributed by atoms with E-state index in [1.807, 2.05) is 18.2 Å². The lowest BCUT2D eigenvalue weighted by Crippen LogP contribution is -2.03. The van der Waals surface area contributed by atoms with Crippen molar-refractivity contribution in [1.29, 1.82) is 0 Å². The third-order valence-electron chi connectivity index (χ3n) is 11.7. The second-order valence-corrected chi connectivity index (χ2v) is 15.1. The first-order valence-electron chi connectivity index (χ1n) is 19.9. The summed E-state index contributed by atoms with van der Waals surface area (Å²) in [5, 5.41) is 11.2. The molecule has 12 rings (SSSR count). The zero-order chi connectivity index (χ0) is 38.9. The second-order valence-electron chi connectivity index (χ2n) is 15.1. The Bertz CT molecular complexity index is 3460. The number of para-hydroxylation sites is 2. The van der Waals surface area contributed by atoms with Gasteiger partial charge in [0.1, 0.15) is 11.2 Å². The molecule has 0 aliphatic rings. The van der Waals surface area contributed by atoms with Gasteiger partial charge in [-0.1, -0.05) is 176 Å². The number of fused-ring (bicyclic) bond motifs is 7. The van der Waals surface area contributed by atoms with Gasteiger partial charge >= 0.3 is 0 Å². The zero-order valence-corrected chi connectivity index (χ0v) is 31.8. The summed E-state index contributed by atoms with van der Waals surface area (Å²) >= 11 is 0. The van der Waals surface area contributed by atoms with E-state index in [4.69, 9.17) is 19.4 Å². The summed E-state index contributed by atoms with van der Waals surface area (Å²) in [5.41, 5.74) is 8.56. The first-order valence-corrected chi connectivity index (χ1v) is 19.9. The van der Waals surface area contributed by atoms with Gasteiger partial charge in [-0.05, 0) is 89.6 Å². The zero-order valence-electron chi connectivity index (χ0n) is 31.8. The first kappa shape index (κ1) is 33.2. The summed E-state index contributed by atoms with van der Waals surface area (Å²) < 4.78 is 6.64. The quantitative estimate of drug-likeness (QED) is 0.176. The van der Waals surface area contributed by atoms with Gasteiger partial charge in [-0.25, -0.2) is 15.0 Å². The molecule has 0 saturated carbocycles. The van der Waals surface area contributed by atoms with Crippen LogP contribution in [-0.2, 0) is 0 Å². The maximum atomic E-state index is 6.64. The molecular formula is C55H33N3O. The van der Waals surface area contributed by atoms with E-state index in [0.717, 1.165) is 82.4 Å². The summed E-state index contributed by atoms with van der Waals surface area (Å²) in [4.78, 5) is 16.5. The van der Waals surface area contributed by atoms with Crippen LogP contribution in [0.15, 0.2) is 205 Å². The molecular weight excluding hydrogens is 719 g/mol. The molecule has 0 unspecified atom stereocenters. The predicted molar refractivity (Wildman–Crippen MR) is 244 cm³/mol. The number of furan rings is 1. The van der Waals surface area contributed by atoms with E-state index >= 15 is 0 Å². The minimum Gasteiger partial charge on any atom is -0.455 e. The van der Waals surface area contributed by atoms with Gasteiger partial charge in [0.2, 0.25) is 0 Å². The topological polar surface area (TPSA) is 51.8 Å². The molecule has 0 amide bonds. The predicted octanol–water partition coefficient (Wildman–Crippen LogP) is 14.7. The van der Waals surface area contributed by atoms with E-state index < -0.39 is 0 Å². The van der Waals surface area contributed by atoms with Crippen LogP contribution in [0.2, 0.25) is 0 Å². The highest BCUT2D eigenvalue weighted by Crippen LogP contribution is 2.43. The van der Waals surface area contributed by atoms with Gasteiger partial charge in [-0.15, -0.1) is 0 Å². The fourth-order valence-electron chi connectivity index (χ4n) is 8.86. The smallest absolute Gasteiger partial charge is 0.167 e. The normalized spacial score (nSPS) is 11.7. The molecule has 4 nitrogen and oxygen atoms in total. The molecule has 0 aliphatic carbocycles. The van der Waals surface area contributed by atoms with Gasteiger partial charge in [0, 0.05) is 21.9 Å². The molecule has 0 radical (unpaired) electrons. The monoisotopic (exact) mass is 751 g/mol. The number of rotatable bonds is 5. The molecule has 4 heteroatoms. The van der Waals surface area contributed by atoms with Crippen molar-refractivity contribution in [2.24, 2.45) is 0 Å². The van der Waals surface area contributed by atoms with Crippen LogP contribution < -0.4 is 0 Å². The molecule has 0 saturated heterocycles. The lowest BCUT2D eigenvalue weighted by molar-refractivity contribution is 0.669. The molecule has 10 aromatic carbocycles. The molecule has 0 atom stereocenters. The van der Waals surface area contributed by atoms with Crippen molar-refractivity contribution in [3.8, 4) is 56.4 Å². The number of hydrogen-bond donors (Lipinski definition) is 0. The minimum atomic E-state index is 0.546. The van der Waals surface area contributed by atoms with Crippen LogP contribution in [0.4, 0.5) is 0 Å². The van der Waals surface area contributed by atoms with E-state index in [0.29, 0.717) is 17.5 Å². The Morgan fingerprint density at radius 3 is 1.31 bits per heavy atom. The van der Waals surface area contributed by atoms with Crippen LogP contribution in [0.25, 0.3) is 121 Å². The summed E-state index contributed by atoms with van der Waals surface area (Å²) in [6.45, 7) is 0. The van der Waals surface area contributed by atoms with Gasteiger partial charge < -0.3 is 4.42 Å². The molecule has 0 bridgehead atoms. The Hall–Kier alpha value is -7.95. The van der Waals surface area contributed by atoms with E-state index in [9.17, 15) is 0 Å². The summed E-state index contributed by atoms with van der Waals surface area (Å²) in [7, 11) is 0. The Balaban J connectivity index is 1.20. The summed E-state index contributed by atoms with van der Waals surface area (Å²) in [6.07, 6.45) is 0. The third kappa shape index (κ3) is 5.49. The van der Waals surface area contributed by atoms with E-state index in [2.05, 4.69) is 182 Å². The Labute approximate surface area is 339 Å². The summed E-state index contributed by atoms with van der Waals surface area (Å²) in [6, 6.07) is 70.6. The van der Waals surface area contributed by atoms with Gasteiger partial charge in [0.05, 0.1) is 5.56 Å². The first-order chi connectivity index (χ1) is 29.2. The minimum absolute atomic E-state index is 0.546. The van der Waals surface area contributed by atoms with E-state index in [-0.39, 0.29) is 0 Å². The molecule has 2 heterocycles. The SMILES string of the molecule is c1ccc2cc(-c3ccc4ccccc4c3-c3nc(-c4c(-c5ccc6ccccc6c5)ccc5ccccc45)nc(-c4cccc5c4oc4ccccc45)n3)ccc2c1.